The molecule has 0 saturated heterocycles. The topological polar surface area (TPSA) is 139 Å². The van der Waals surface area contributed by atoms with E-state index in [4.69, 9.17) is 10.7 Å². The lowest BCUT2D eigenvalue weighted by Gasteiger charge is -2.27. The minimum absolute atomic E-state index is 0.0906. The second-order valence-electron chi connectivity index (χ2n) is 14.7. The highest BCUT2D eigenvalue weighted by molar-refractivity contribution is 6.02. The largest absolute Gasteiger partial charge is 0.393 e. The van der Waals surface area contributed by atoms with Gasteiger partial charge in [-0.05, 0) is 80.2 Å². The van der Waals surface area contributed by atoms with Crippen molar-refractivity contribution < 1.29 is 14.7 Å². The number of aliphatic hydroxyl groups excluding tert-OH is 1. The summed E-state index contributed by atoms with van der Waals surface area (Å²) < 4.78 is 4.27. The molecule has 5 aromatic rings. The second kappa shape index (κ2) is 19.7. The zero-order valence-electron chi connectivity index (χ0n) is 31.8. The molecule has 1 saturated carbocycles. The van der Waals surface area contributed by atoms with Crippen LogP contribution in [-0.4, -0.2) is 43.7 Å². The summed E-state index contributed by atoms with van der Waals surface area (Å²) in [6.45, 7) is 1.25. The van der Waals surface area contributed by atoms with Crippen molar-refractivity contribution in [2.24, 2.45) is 5.73 Å². The second-order valence-corrected chi connectivity index (χ2v) is 14.7. The fourth-order valence-corrected chi connectivity index (χ4v) is 7.68. The van der Waals surface area contributed by atoms with Crippen LogP contribution in [0.5, 0.6) is 0 Å². The van der Waals surface area contributed by atoms with Gasteiger partial charge in [-0.3, -0.25) is 15.0 Å². The summed E-state index contributed by atoms with van der Waals surface area (Å²) in [5.74, 6) is 6.51. The van der Waals surface area contributed by atoms with Crippen LogP contribution in [0.15, 0.2) is 91.3 Å². The SMILES string of the molecule is N=c1c2c(-c3ccccc3)c(-c3ccccc3)n(Cc3cccc(C#CCCCCC(=O)NCCCCCCCC(N)=O)c3)c2ncn1C1CCC(O)CC1. The number of amides is 2. The van der Waals surface area contributed by atoms with Gasteiger partial charge in [0, 0.05) is 49.5 Å². The van der Waals surface area contributed by atoms with Gasteiger partial charge in [0.15, 0.2) is 0 Å². The third-order valence-corrected chi connectivity index (χ3v) is 10.6. The summed E-state index contributed by atoms with van der Waals surface area (Å²) >= 11 is 0. The van der Waals surface area contributed by atoms with E-state index in [1.54, 1.807) is 0 Å². The molecule has 286 valence electrons. The molecule has 6 rings (SSSR count). The molecule has 9 nitrogen and oxygen atoms in total. The van der Waals surface area contributed by atoms with Crippen LogP contribution in [0.1, 0.15) is 107 Å². The third-order valence-electron chi connectivity index (χ3n) is 10.6. The molecule has 0 aliphatic heterocycles. The quantitative estimate of drug-likeness (QED) is 0.0567. The number of nitrogens with two attached hydrogens (primary N) is 1. The molecule has 3 aromatic carbocycles. The van der Waals surface area contributed by atoms with Gasteiger partial charge in [-0.1, -0.05) is 104 Å². The van der Waals surface area contributed by atoms with Crippen molar-refractivity contribution in [2.75, 3.05) is 6.54 Å². The normalized spacial score (nSPS) is 15.4. The van der Waals surface area contributed by atoms with Crippen molar-refractivity contribution >= 4 is 22.8 Å². The smallest absolute Gasteiger partial charge is 0.219 e. The Labute approximate surface area is 324 Å². The van der Waals surface area contributed by atoms with E-state index in [-0.39, 0.29) is 24.0 Å². The Kier molecular flexibility index (Phi) is 14.1. The highest BCUT2D eigenvalue weighted by Crippen LogP contribution is 2.40. The Hall–Kier alpha value is -5.46. The Morgan fingerprint density at radius 1 is 0.836 bits per heavy atom. The van der Waals surface area contributed by atoms with Gasteiger partial charge >= 0.3 is 0 Å². The minimum Gasteiger partial charge on any atom is -0.393 e. The predicted octanol–water partition coefficient (Wildman–Crippen LogP) is 8.03. The molecule has 1 aliphatic carbocycles. The summed E-state index contributed by atoms with van der Waals surface area (Å²) in [6.07, 6.45) is 12.9. The van der Waals surface area contributed by atoms with E-state index in [9.17, 15) is 20.1 Å². The van der Waals surface area contributed by atoms with Crippen LogP contribution in [0, 0.1) is 17.3 Å². The van der Waals surface area contributed by atoms with Gasteiger partial charge in [0.25, 0.3) is 0 Å². The van der Waals surface area contributed by atoms with Crippen LogP contribution in [-0.2, 0) is 16.1 Å². The van der Waals surface area contributed by atoms with Gasteiger partial charge in [0.05, 0.1) is 23.5 Å². The first-order valence-corrected chi connectivity index (χ1v) is 20.0. The lowest BCUT2D eigenvalue weighted by molar-refractivity contribution is -0.121. The third kappa shape index (κ3) is 10.6. The minimum atomic E-state index is -0.271. The molecule has 0 bridgehead atoms. The molecule has 0 atom stereocenters. The van der Waals surface area contributed by atoms with E-state index in [1.165, 1.54) is 0 Å². The number of hydrogen-bond donors (Lipinski definition) is 4. The standard InChI is InChI=1S/C46H54N6O3/c47-40(54)24-13-2-1-5-15-30-49-41(55)25-14-4-3-8-17-34-18-16-19-35(31-34)32-51-44(37-22-11-7-12-23-37)42(36-20-9-6-10-21-36)43-45(48)52(33-50-46(43)51)38-26-28-39(53)29-27-38/h6-7,9-12,16,18-23,31,33,38-39,48,53H,1-5,13-15,24-30,32H2,(H2,47,54)(H,49,55). The Bertz CT molecular complexity index is 2150. The molecule has 5 N–H and O–H groups in total. The number of aliphatic hydroxyl groups is 1. The highest BCUT2D eigenvalue weighted by Gasteiger charge is 2.26. The number of carbonyl (C=O) groups excluding carboxylic acids is 2. The zero-order valence-corrected chi connectivity index (χ0v) is 31.8. The van der Waals surface area contributed by atoms with Crippen LogP contribution in [0.25, 0.3) is 33.4 Å². The van der Waals surface area contributed by atoms with Gasteiger partial charge in [0.2, 0.25) is 11.8 Å². The number of primary amides is 1. The molecule has 1 fully saturated rings. The van der Waals surface area contributed by atoms with Crippen molar-refractivity contribution in [1.29, 1.82) is 5.41 Å². The molecule has 1 aliphatic rings. The van der Waals surface area contributed by atoms with E-state index in [0.29, 0.717) is 31.4 Å². The van der Waals surface area contributed by atoms with E-state index < -0.39 is 0 Å². The Morgan fingerprint density at radius 3 is 2.27 bits per heavy atom. The monoisotopic (exact) mass is 738 g/mol. The lowest BCUT2D eigenvalue weighted by atomic mass is 9.93. The number of fused-ring (bicyclic) bond motifs is 1. The number of hydrogen-bond acceptors (Lipinski definition) is 5. The highest BCUT2D eigenvalue weighted by atomic mass is 16.3. The molecular formula is C46H54N6O3. The van der Waals surface area contributed by atoms with Crippen LogP contribution >= 0.6 is 0 Å². The van der Waals surface area contributed by atoms with E-state index >= 15 is 0 Å². The maximum atomic E-state index is 12.3. The number of nitrogens with one attached hydrogen (secondary N) is 2. The van der Waals surface area contributed by atoms with Crippen LogP contribution in [0.4, 0.5) is 0 Å². The number of carbonyl (C=O) groups is 2. The Balaban J connectivity index is 1.16. The number of rotatable bonds is 17. The molecule has 0 spiro atoms. The van der Waals surface area contributed by atoms with E-state index in [1.807, 2.05) is 47.3 Å². The van der Waals surface area contributed by atoms with Crippen molar-refractivity contribution in [1.82, 2.24) is 19.4 Å². The van der Waals surface area contributed by atoms with Crippen LogP contribution in [0.3, 0.4) is 0 Å². The summed E-state index contributed by atoms with van der Waals surface area (Å²) in [7, 11) is 0. The molecule has 9 heteroatoms. The fourth-order valence-electron chi connectivity index (χ4n) is 7.68. The summed E-state index contributed by atoms with van der Waals surface area (Å²) in [6, 6.07) is 29.2. The van der Waals surface area contributed by atoms with Gasteiger partial charge < -0.3 is 25.3 Å². The predicted molar refractivity (Wildman–Crippen MR) is 219 cm³/mol. The summed E-state index contributed by atoms with van der Waals surface area (Å²) in [5, 5.41) is 23.7. The maximum Gasteiger partial charge on any atom is 0.219 e. The fraction of sp³-hybridized carbons (Fsp3) is 0.391. The molecule has 2 aromatic heterocycles. The molecule has 55 heavy (non-hydrogen) atoms. The van der Waals surface area contributed by atoms with E-state index in [2.05, 4.69) is 70.3 Å². The lowest BCUT2D eigenvalue weighted by Crippen LogP contribution is -2.29. The molecule has 2 amide bonds. The van der Waals surface area contributed by atoms with Gasteiger partial charge in [-0.15, -0.1) is 0 Å². The molecule has 2 heterocycles. The summed E-state index contributed by atoms with van der Waals surface area (Å²) in [4.78, 5) is 28.2. The first-order valence-electron chi connectivity index (χ1n) is 20.0. The molecule has 0 unspecified atom stereocenters. The van der Waals surface area contributed by atoms with Crippen molar-refractivity contribution in [3.63, 3.8) is 0 Å². The van der Waals surface area contributed by atoms with Crippen molar-refractivity contribution in [2.45, 2.75) is 109 Å². The zero-order chi connectivity index (χ0) is 38.4. The molecule has 0 radical (unpaired) electrons. The molecular weight excluding hydrogens is 685 g/mol. The van der Waals surface area contributed by atoms with Gasteiger partial charge in [0.1, 0.15) is 11.1 Å². The average molecular weight is 739 g/mol. The number of unbranched alkanes of at least 4 members (excludes halogenated alkanes) is 6. The van der Waals surface area contributed by atoms with Crippen molar-refractivity contribution in [3.05, 3.63) is 108 Å². The van der Waals surface area contributed by atoms with Crippen LogP contribution < -0.4 is 16.5 Å². The first kappa shape index (κ1) is 39.2. The van der Waals surface area contributed by atoms with Gasteiger partial charge in [-0.25, -0.2) is 4.98 Å². The first-order chi connectivity index (χ1) is 26.9. The van der Waals surface area contributed by atoms with Gasteiger partial charge in [-0.2, -0.15) is 0 Å². The van der Waals surface area contributed by atoms with Crippen LogP contribution in [0.2, 0.25) is 0 Å². The van der Waals surface area contributed by atoms with Crippen molar-refractivity contribution in [3.8, 4) is 34.2 Å². The van der Waals surface area contributed by atoms with E-state index in [0.717, 1.165) is 122 Å². The number of benzene rings is 3. The number of nitrogens with zero attached hydrogens (tertiary/aromatic N) is 3. The summed E-state index contributed by atoms with van der Waals surface area (Å²) in [5.41, 5.74) is 12.6. The Morgan fingerprint density at radius 2 is 1.53 bits per heavy atom. The maximum absolute atomic E-state index is 12.3. The average Bonchev–Trinajstić information content (AvgIpc) is 3.53. The number of aromatic nitrogens is 3.